The Morgan fingerprint density at radius 3 is 2.27 bits per heavy atom. The van der Waals surface area contributed by atoms with Crippen molar-refractivity contribution in [2.24, 2.45) is 0 Å². The Morgan fingerprint density at radius 1 is 1.23 bits per heavy atom. The van der Waals surface area contributed by atoms with E-state index in [1.807, 2.05) is 18.2 Å². The summed E-state index contributed by atoms with van der Waals surface area (Å²) in [6.45, 7) is 6.95. The van der Waals surface area contributed by atoms with Crippen LogP contribution in [0.4, 0.5) is 5.69 Å². The van der Waals surface area contributed by atoms with E-state index in [-0.39, 0.29) is 34.0 Å². The molecule has 0 spiro atoms. The van der Waals surface area contributed by atoms with Crippen LogP contribution in [0.1, 0.15) is 19.3 Å². The van der Waals surface area contributed by atoms with E-state index >= 15 is 0 Å². The van der Waals surface area contributed by atoms with Crippen LogP contribution in [-0.4, -0.2) is 30.6 Å². The number of nitrogen functional groups attached to an aromatic ring is 1. The summed E-state index contributed by atoms with van der Waals surface area (Å²) in [7, 11) is 0. The number of anilines is 1. The van der Waals surface area contributed by atoms with Gasteiger partial charge in [-0.1, -0.05) is 6.08 Å². The van der Waals surface area contributed by atoms with Crippen LogP contribution in [0.25, 0.3) is 0 Å². The Labute approximate surface area is 170 Å². The number of hydrogen-bond donors (Lipinski definition) is 1. The molecular weight excluding hydrogens is 544 g/mol. The van der Waals surface area contributed by atoms with Gasteiger partial charge in [0.2, 0.25) is 0 Å². The van der Waals surface area contributed by atoms with E-state index in [4.69, 9.17) is 10.5 Å². The molecule has 0 bridgehead atoms. The molecule has 7 heteroatoms. The van der Waals surface area contributed by atoms with Gasteiger partial charge in [0.1, 0.15) is 5.75 Å². The highest BCUT2D eigenvalue weighted by atomic mass is 79.9. The second-order valence-corrected chi connectivity index (χ2v) is 6.71. The first kappa shape index (κ1) is 22.4. The van der Waals surface area contributed by atoms with Crippen molar-refractivity contribution >= 4 is 71.5 Å². The fourth-order valence-electron chi connectivity index (χ4n) is 2.52. The second-order valence-electron chi connectivity index (χ2n) is 5.00. The highest BCUT2D eigenvalue weighted by Crippen LogP contribution is 2.35. The van der Waals surface area contributed by atoms with E-state index < -0.39 is 0 Å². The normalized spacial score (nSPS) is 15.5. The van der Waals surface area contributed by atoms with E-state index in [0.717, 1.165) is 21.1 Å². The lowest BCUT2D eigenvalue weighted by Crippen LogP contribution is -2.32. The lowest BCUT2D eigenvalue weighted by Gasteiger charge is -2.24. The summed E-state index contributed by atoms with van der Waals surface area (Å²) >= 11 is 6.97. The highest BCUT2D eigenvalue weighted by molar-refractivity contribution is 9.11. The molecule has 1 aromatic rings. The molecule has 0 aromatic heterocycles. The lowest BCUT2D eigenvalue weighted by atomic mass is 10.2. The van der Waals surface area contributed by atoms with Crippen LogP contribution in [0.2, 0.25) is 0 Å². The second kappa shape index (κ2) is 11.1. The van der Waals surface area contributed by atoms with E-state index in [2.05, 4.69) is 43.3 Å². The van der Waals surface area contributed by atoms with Gasteiger partial charge in [0.15, 0.2) is 0 Å². The van der Waals surface area contributed by atoms with Crippen molar-refractivity contribution in [1.29, 1.82) is 0 Å². The molecule has 1 fully saturated rings. The number of nitrogens with zero attached hydrogens (tertiary/aromatic N) is 1. The van der Waals surface area contributed by atoms with Gasteiger partial charge >= 0.3 is 0 Å². The average molecular weight is 566 g/mol. The first-order valence-corrected chi connectivity index (χ1v) is 8.44. The van der Waals surface area contributed by atoms with Gasteiger partial charge in [-0.2, -0.15) is 0 Å². The van der Waals surface area contributed by atoms with E-state index in [0.29, 0.717) is 18.3 Å². The Balaban J connectivity index is 0.00000220. The van der Waals surface area contributed by atoms with Crippen molar-refractivity contribution in [1.82, 2.24) is 4.90 Å². The van der Waals surface area contributed by atoms with E-state index in [1.165, 1.54) is 25.9 Å². The number of likely N-dealkylation sites (tertiary alicyclic amines) is 1. The van der Waals surface area contributed by atoms with Gasteiger partial charge in [0.25, 0.3) is 0 Å². The third kappa shape index (κ3) is 6.15. The molecule has 3 nitrogen and oxygen atoms in total. The first-order chi connectivity index (χ1) is 9.61. The van der Waals surface area contributed by atoms with Gasteiger partial charge in [0, 0.05) is 18.2 Å². The van der Waals surface area contributed by atoms with Crippen LogP contribution >= 0.6 is 65.8 Å². The molecule has 1 heterocycles. The largest absolute Gasteiger partial charge is 0.491 e. The molecule has 126 valence electrons. The SMILES string of the molecule is Br.Br.C=CC(CCOc1c(Br)cc(N)cc1Br)N1CCCC1. The molecule has 1 saturated heterocycles. The van der Waals surface area contributed by atoms with Crippen molar-refractivity contribution < 1.29 is 4.74 Å². The zero-order valence-electron chi connectivity index (χ0n) is 12.3. The molecule has 0 saturated carbocycles. The summed E-state index contributed by atoms with van der Waals surface area (Å²) in [6, 6.07) is 4.11. The number of rotatable bonds is 6. The predicted octanol–water partition coefficient (Wildman–Crippen LogP) is 5.37. The van der Waals surface area contributed by atoms with Gasteiger partial charge in [0.05, 0.1) is 15.6 Å². The molecule has 1 unspecified atom stereocenters. The van der Waals surface area contributed by atoms with Crippen LogP contribution in [0.3, 0.4) is 0 Å². The smallest absolute Gasteiger partial charge is 0.147 e. The maximum absolute atomic E-state index is 5.89. The fourth-order valence-corrected chi connectivity index (χ4v) is 3.97. The Hall–Kier alpha value is 0.440. The molecule has 0 aliphatic carbocycles. The lowest BCUT2D eigenvalue weighted by molar-refractivity contribution is 0.223. The fraction of sp³-hybridized carbons (Fsp3) is 0.467. The number of halogens is 4. The quantitative estimate of drug-likeness (QED) is 0.372. The maximum atomic E-state index is 5.89. The van der Waals surface area contributed by atoms with Crippen LogP contribution in [0.5, 0.6) is 5.75 Å². The van der Waals surface area contributed by atoms with E-state index in [9.17, 15) is 0 Å². The summed E-state index contributed by atoms with van der Waals surface area (Å²) in [5.41, 5.74) is 6.48. The number of ether oxygens (including phenoxy) is 1. The molecule has 2 rings (SSSR count). The zero-order valence-corrected chi connectivity index (χ0v) is 18.9. The molecule has 1 aromatic carbocycles. The Morgan fingerprint density at radius 2 is 1.77 bits per heavy atom. The standard InChI is InChI=1S/C15H20Br2N2O.2BrH/c1-2-12(19-6-3-4-7-19)5-8-20-15-13(16)9-11(18)10-14(15)17;;/h2,9-10,12H,1,3-8,18H2;2*1H. The van der Waals surface area contributed by atoms with Gasteiger partial charge in [-0.3, -0.25) is 4.90 Å². The first-order valence-electron chi connectivity index (χ1n) is 6.85. The van der Waals surface area contributed by atoms with Crippen LogP contribution in [0.15, 0.2) is 33.7 Å². The Bertz CT molecular complexity index is 456. The van der Waals surface area contributed by atoms with Crippen molar-refractivity contribution in [3.63, 3.8) is 0 Å². The van der Waals surface area contributed by atoms with Crippen LogP contribution in [-0.2, 0) is 0 Å². The monoisotopic (exact) mass is 562 g/mol. The third-order valence-corrected chi connectivity index (χ3v) is 4.74. The van der Waals surface area contributed by atoms with Gasteiger partial charge < -0.3 is 10.5 Å². The van der Waals surface area contributed by atoms with Gasteiger partial charge in [-0.15, -0.1) is 40.5 Å². The van der Waals surface area contributed by atoms with E-state index in [1.54, 1.807) is 0 Å². The molecule has 2 N–H and O–H groups in total. The predicted molar refractivity (Wildman–Crippen MR) is 112 cm³/mol. The number of benzene rings is 1. The summed E-state index contributed by atoms with van der Waals surface area (Å²) in [5.74, 6) is 0.809. The topological polar surface area (TPSA) is 38.5 Å². The van der Waals surface area contributed by atoms with Gasteiger partial charge in [-0.25, -0.2) is 0 Å². The minimum absolute atomic E-state index is 0. The summed E-state index contributed by atoms with van der Waals surface area (Å²) < 4.78 is 7.64. The average Bonchev–Trinajstić information content (AvgIpc) is 2.90. The van der Waals surface area contributed by atoms with Crippen molar-refractivity contribution in [3.8, 4) is 5.75 Å². The number of nitrogens with two attached hydrogens (primary N) is 1. The van der Waals surface area contributed by atoms with Crippen LogP contribution in [0, 0.1) is 0 Å². The minimum Gasteiger partial charge on any atom is -0.491 e. The molecule has 1 atom stereocenters. The maximum Gasteiger partial charge on any atom is 0.147 e. The Kier molecular flexibility index (Phi) is 11.3. The van der Waals surface area contributed by atoms with Crippen molar-refractivity contribution in [3.05, 3.63) is 33.7 Å². The minimum atomic E-state index is 0. The molecular formula is C15H22Br4N2O. The van der Waals surface area contributed by atoms with Crippen molar-refractivity contribution in [2.75, 3.05) is 25.4 Å². The van der Waals surface area contributed by atoms with Gasteiger partial charge in [-0.05, 0) is 69.9 Å². The van der Waals surface area contributed by atoms with Crippen LogP contribution < -0.4 is 10.5 Å². The van der Waals surface area contributed by atoms with Crippen molar-refractivity contribution in [2.45, 2.75) is 25.3 Å². The highest BCUT2D eigenvalue weighted by Gasteiger charge is 2.19. The molecule has 1 aliphatic heterocycles. The molecule has 1 aliphatic rings. The molecule has 0 amide bonds. The third-order valence-electron chi connectivity index (χ3n) is 3.56. The number of hydrogen-bond acceptors (Lipinski definition) is 3. The summed E-state index contributed by atoms with van der Waals surface area (Å²) in [4.78, 5) is 2.48. The molecule has 0 radical (unpaired) electrons. The zero-order chi connectivity index (χ0) is 14.5. The molecule has 22 heavy (non-hydrogen) atoms. The summed E-state index contributed by atoms with van der Waals surface area (Å²) in [6.07, 6.45) is 5.56. The summed E-state index contributed by atoms with van der Waals surface area (Å²) in [5, 5.41) is 0.